The number of rotatable bonds is 3. The highest BCUT2D eigenvalue weighted by molar-refractivity contribution is 5.47. The Bertz CT molecular complexity index is 494. The molecule has 0 aliphatic heterocycles. The van der Waals surface area contributed by atoms with Crippen LogP contribution in [-0.2, 0) is 0 Å². The normalized spacial score (nSPS) is 23.1. The first-order valence-corrected chi connectivity index (χ1v) is 6.82. The molecule has 1 aromatic rings. The molecule has 0 amide bonds. The smallest absolute Gasteiger partial charge is 0.146 e. The van der Waals surface area contributed by atoms with Gasteiger partial charge < -0.3 is 5.32 Å². The molecule has 2 rings (SSSR count). The summed E-state index contributed by atoms with van der Waals surface area (Å²) >= 11 is 0. The van der Waals surface area contributed by atoms with Gasteiger partial charge in [0.15, 0.2) is 0 Å². The fourth-order valence-corrected chi connectivity index (χ4v) is 2.88. The van der Waals surface area contributed by atoms with E-state index in [1.807, 2.05) is 0 Å². The predicted molar refractivity (Wildman–Crippen MR) is 75.2 cm³/mol. The third-order valence-corrected chi connectivity index (χ3v) is 3.71. The van der Waals surface area contributed by atoms with Gasteiger partial charge in [-0.25, -0.2) is 8.78 Å². The van der Waals surface area contributed by atoms with Gasteiger partial charge >= 0.3 is 0 Å². The van der Waals surface area contributed by atoms with E-state index in [-0.39, 0.29) is 17.3 Å². The molecule has 2 atom stereocenters. The van der Waals surface area contributed by atoms with E-state index < -0.39 is 0 Å². The van der Waals surface area contributed by atoms with Crippen LogP contribution < -0.4 is 5.32 Å². The summed E-state index contributed by atoms with van der Waals surface area (Å²) in [4.78, 5) is 0. The Morgan fingerprint density at radius 2 is 1.95 bits per heavy atom. The van der Waals surface area contributed by atoms with E-state index in [1.54, 1.807) is 6.92 Å². The summed E-state index contributed by atoms with van der Waals surface area (Å²) in [5.41, 5.74) is 2.00. The molecule has 0 bridgehead atoms. The van der Waals surface area contributed by atoms with Gasteiger partial charge in [0.2, 0.25) is 0 Å². The van der Waals surface area contributed by atoms with Crippen LogP contribution in [0.3, 0.4) is 0 Å². The van der Waals surface area contributed by atoms with Crippen molar-refractivity contribution in [3.63, 3.8) is 0 Å². The zero-order valence-corrected chi connectivity index (χ0v) is 11.8. The van der Waals surface area contributed by atoms with E-state index in [0.29, 0.717) is 23.9 Å². The van der Waals surface area contributed by atoms with Crippen molar-refractivity contribution in [1.82, 2.24) is 0 Å². The molecule has 2 unspecified atom stereocenters. The van der Waals surface area contributed by atoms with E-state index in [0.717, 1.165) is 12.8 Å². The second-order valence-corrected chi connectivity index (χ2v) is 5.76. The first-order valence-electron chi connectivity index (χ1n) is 6.82. The number of halogens is 2. The summed E-state index contributed by atoms with van der Waals surface area (Å²) in [5.74, 6) is 0.316. The van der Waals surface area contributed by atoms with Gasteiger partial charge in [-0.05, 0) is 50.2 Å². The predicted octanol–water partition coefficient (Wildman–Crippen LogP) is 4.68. The zero-order chi connectivity index (χ0) is 14.0. The van der Waals surface area contributed by atoms with Crippen molar-refractivity contribution in [2.24, 2.45) is 11.8 Å². The van der Waals surface area contributed by atoms with Gasteiger partial charge in [0.1, 0.15) is 11.6 Å². The third-order valence-electron chi connectivity index (χ3n) is 3.71. The Balaban J connectivity index is 2.00. The fourth-order valence-electron chi connectivity index (χ4n) is 2.88. The van der Waals surface area contributed by atoms with Gasteiger partial charge in [-0.1, -0.05) is 18.6 Å². The second-order valence-electron chi connectivity index (χ2n) is 5.76. The molecule has 0 saturated heterocycles. The monoisotopic (exact) mass is 265 g/mol. The second kappa shape index (κ2) is 5.72. The Hall–Kier alpha value is -1.38. The Morgan fingerprint density at radius 1 is 1.21 bits per heavy atom. The van der Waals surface area contributed by atoms with Crippen molar-refractivity contribution < 1.29 is 8.78 Å². The summed E-state index contributed by atoms with van der Waals surface area (Å²) in [7, 11) is 0. The van der Waals surface area contributed by atoms with Gasteiger partial charge in [-0.3, -0.25) is 0 Å². The molecular formula is C16H21F2N. The molecule has 0 aromatic heterocycles. The minimum absolute atomic E-state index is 0.267. The number of nitrogens with one attached hydrogen (secondary N) is 1. The van der Waals surface area contributed by atoms with Crippen molar-refractivity contribution in [3.8, 4) is 0 Å². The molecule has 19 heavy (non-hydrogen) atoms. The lowest BCUT2D eigenvalue weighted by molar-refractivity contribution is 0.420. The topological polar surface area (TPSA) is 12.0 Å². The summed E-state index contributed by atoms with van der Waals surface area (Å²) < 4.78 is 27.1. The largest absolute Gasteiger partial charge is 0.382 e. The number of benzene rings is 1. The lowest BCUT2D eigenvalue weighted by atomic mass is 9.84. The first kappa shape index (κ1) is 14.0. The molecule has 0 spiro atoms. The first-order chi connectivity index (χ1) is 8.95. The lowest BCUT2D eigenvalue weighted by Crippen LogP contribution is -2.20. The number of anilines is 1. The van der Waals surface area contributed by atoms with E-state index in [9.17, 15) is 8.78 Å². The van der Waals surface area contributed by atoms with Gasteiger partial charge in [0.05, 0.1) is 5.69 Å². The van der Waals surface area contributed by atoms with Gasteiger partial charge in [-0.15, -0.1) is 0 Å². The Kier molecular flexibility index (Phi) is 4.23. The molecular weight excluding hydrogens is 244 g/mol. The van der Waals surface area contributed by atoms with Crippen molar-refractivity contribution in [2.75, 3.05) is 11.9 Å². The third kappa shape index (κ3) is 3.55. The maximum absolute atomic E-state index is 13.7. The molecule has 1 aliphatic carbocycles. The average Bonchev–Trinajstić information content (AvgIpc) is 2.31. The SMILES string of the molecule is CC1=CC(C)CC(CNc2cc(F)c(C)cc2F)C1. The average molecular weight is 265 g/mol. The highest BCUT2D eigenvalue weighted by Crippen LogP contribution is 2.28. The minimum Gasteiger partial charge on any atom is -0.382 e. The molecule has 104 valence electrons. The van der Waals surface area contributed by atoms with E-state index in [4.69, 9.17) is 0 Å². The van der Waals surface area contributed by atoms with E-state index in [1.165, 1.54) is 17.7 Å². The molecule has 3 heteroatoms. The standard InChI is InChI=1S/C16H21F2N/c1-10-4-11(2)6-13(5-10)9-19-16-8-14(17)12(3)7-15(16)18/h4,7-8,10,13,19H,5-6,9H2,1-3H3. The molecule has 1 nitrogen and oxygen atoms in total. The summed E-state index contributed by atoms with van der Waals surface area (Å²) in [6, 6.07) is 2.49. The molecule has 1 aliphatic rings. The van der Waals surface area contributed by atoms with Crippen LogP contribution in [0.4, 0.5) is 14.5 Å². The van der Waals surface area contributed by atoms with Crippen molar-refractivity contribution in [1.29, 1.82) is 0 Å². The molecule has 0 radical (unpaired) electrons. The quantitative estimate of drug-likeness (QED) is 0.783. The van der Waals surface area contributed by atoms with Crippen molar-refractivity contribution in [2.45, 2.75) is 33.6 Å². The van der Waals surface area contributed by atoms with E-state index in [2.05, 4.69) is 25.2 Å². The highest BCUT2D eigenvalue weighted by atomic mass is 19.1. The fraction of sp³-hybridized carbons (Fsp3) is 0.500. The van der Waals surface area contributed by atoms with E-state index >= 15 is 0 Å². The zero-order valence-electron chi connectivity index (χ0n) is 11.8. The number of hydrogen-bond acceptors (Lipinski definition) is 1. The Labute approximate surface area is 113 Å². The number of allylic oxidation sites excluding steroid dienone is 2. The highest BCUT2D eigenvalue weighted by Gasteiger charge is 2.18. The van der Waals surface area contributed by atoms with Crippen LogP contribution in [-0.4, -0.2) is 6.54 Å². The maximum Gasteiger partial charge on any atom is 0.146 e. The summed E-state index contributed by atoms with van der Waals surface area (Å²) in [5, 5.41) is 3.05. The maximum atomic E-state index is 13.7. The molecule has 0 saturated carbocycles. The van der Waals surface area contributed by atoms with Crippen LogP contribution in [0.2, 0.25) is 0 Å². The van der Waals surface area contributed by atoms with Crippen molar-refractivity contribution >= 4 is 5.69 Å². The summed E-state index contributed by atoms with van der Waals surface area (Å²) in [6.07, 6.45) is 4.43. The van der Waals surface area contributed by atoms with Crippen LogP contribution in [0.1, 0.15) is 32.3 Å². The van der Waals surface area contributed by atoms with Crippen molar-refractivity contribution in [3.05, 3.63) is 41.0 Å². The minimum atomic E-state index is -0.380. The Morgan fingerprint density at radius 3 is 2.63 bits per heavy atom. The van der Waals surface area contributed by atoms with Gasteiger partial charge in [0.25, 0.3) is 0 Å². The van der Waals surface area contributed by atoms with Gasteiger partial charge in [-0.2, -0.15) is 0 Å². The van der Waals surface area contributed by atoms with Crippen LogP contribution in [0.25, 0.3) is 0 Å². The van der Waals surface area contributed by atoms with Crippen LogP contribution in [0.15, 0.2) is 23.8 Å². The van der Waals surface area contributed by atoms with Crippen LogP contribution in [0.5, 0.6) is 0 Å². The number of hydrogen-bond donors (Lipinski definition) is 1. The molecule has 1 aromatic carbocycles. The molecule has 1 N–H and O–H groups in total. The van der Waals surface area contributed by atoms with Crippen LogP contribution >= 0.6 is 0 Å². The molecule has 0 heterocycles. The molecule has 0 fully saturated rings. The number of aryl methyl sites for hydroxylation is 1. The summed E-state index contributed by atoms with van der Waals surface area (Å²) in [6.45, 7) is 6.59. The lowest BCUT2D eigenvalue weighted by Gasteiger charge is -2.26. The van der Waals surface area contributed by atoms with Gasteiger partial charge in [0, 0.05) is 12.6 Å². The van der Waals surface area contributed by atoms with Crippen LogP contribution in [0, 0.1) is 30.4 Å².